The van der Waals surface area contributed by atoms with Crippen molar-refractivity contribution in [3.05, 3.63) is 18.5 Å². The van der Waals surface area contributed by atoms with Gasteiger partial charge in [0.1, 0.15) is 17.4 Å². The van der Waals surface area contributed by atoms with E-state index in [-0.39, 0.29) is 5.54 Å². The van der Waals surface area contributed by atoms with Gasteiger partial charge in [-0.05, 0) is 62.3 Å². The Morgan fingerprint density at radius 3 is 2.25 bits per heavy atom. The van der Waals surface area contributed by atoms with Crippen molar-refractivity contribution in [2.45, 2.75) is 44.1 Å². The van der Waals surface area contributed by atoms with Crippen molar-refractivity contribution < 1.29 is 9.47 Å². The summed E-state index contributed by atoms with van der Waals surface area (Å²) in [5.41, 5.74) is 3.10. The van der Waals surface area contributed by atoms with Crippen LogP contribution >= 0.6 is 0 Å². The van der Waals surface area contributed by atoms with E-state index in [0.29, 0.717) is 11.5 Å². The Morgan fingerprint density at radius 1 is 0.964 bits per heavy atom. The number of nitrogens with zero attached hydrogens (tertiary/aromatic N) is 2. The van der Waals surface area contributed by atoms with Crippen LogP contribution in [0.25, 0.3) is 21.9 Å². The maximum atomic E-state index is 5.49. The normalized spacial score (nSPS) is 30.9. The van der Waals surface area contributed by atoms with Crippen molar-refractivity contribution in [3.8, 4) is 11.5 Å². The first kappa shape index (κ1) is 16.5. The second kappa shape index (κ2) is 5.75. The van der Waals surface area contributed by atoms with Crippen LogP contribution in [0.2, 0.25) is 0 Å². The molecule has 28 heavy (non-hydrogen) atoms. The number of nitrogens with one attached hydrogen (secondary N) is 2. The molecule has 0 aliphatic heterocycles. The van der Waals surface area contributed by atoms with Gasteiger partial charge < -0.3 is 19.8 Å². The number of aromatic amines is 1. The number of rotatable bonds is 4. The summed E-state index contributed by atoms with van der Waals surface area (Å²) >= 11 is 0. The molecule has 4 saturated carbocycles. The predicted octanol–water partition coefficient (Wildman–Crippen LogP) is 4.51. The lowest BCUT2D eigenvalue weighted by Gasteiger charge is -2.57. The molecule has 4 aliphatic carbocycles. The van der Waals surface area contributed by atoms with Gasteiger partial charge in [0.05, 0.1) is 19.7 Å². The van der Waals surface area contributed by atoms with E-state index in [1.165, 1.54) is 38.5 Å². The predicted molar refractivity (Wildman–Crippen MR) is 109 cm³/mol. The Morgan fingerprint density at radius 2 is 1.61 bits per heavy atom. The molecule has 2 aromatic heterocycles. The quantitative estimate of drug-likeness (QED) is 0.699. The minimum absolute atomic E-state index is 0.211. The van der Waals surface area contributed by atoms with Crippen LogP contribution in [-0.2, 0) is 0 Å². The summed E-state index contributed by atoms with van der Waals surface area (Å²) in [6.45, 7) is 0. The maximum absolute atomic E-state index is 5.49. The number of fused-ring (bicyclic) bond motifs is 3. The Kier molecular flexibility index (Phi) is 3.38. The molecular formula is C22H26N4O2. The Bertz CT molecular complexity index is 1040. The molecule has 2 heterocycles. The van der Waals surface area contributed by atoms with Crippen molar-refractivity contribution in [2.75, 3.05) is 19.5 Å². The second-order valence-corrected chi connectivity index (χ2v) is 9.15. The van der Waals surface area contributed by atoms with Crippen molar-refractivity contribution in [1.29, 1.82) is 0 Å². The number of hydrogen-bond donors (Lipinski definition) is 2. The average molecular weight is 378 g/mol. The van der Waals surface area contributed by atoms with Gasteiger partial charge in [0.25, 0.3) is 0 Å². The van der Waals surface area contributed by atoms with Gasteiger partial charge in [-0.25, -0.2) is 9.97 Å². The van der Waals surface area contributed by atoms with Gasteiger partial charge >= 0.3 is 0 Å². The first-order valence-electron chi connectivity index (χ1n) is 10.3. The van der Waals surface area contributed by atoms with Crippen LogP contribution in [-0.4, -0.2) is 34.7 Å². The number of benzene rings is 1. The smallest absolute Gasteiger partial charge is 0.162 e. The molecule has 4 fully saturated rings. The molecule has 0 atom stereocenters. The summed E-state index contributed by atoms with van der Waals surface area (Å²) in [4.78, 5) is 12.8. The van der Waals surface area contributed by atoms with Gasteiger partial charge in [0, 0.05) is 17.0 Å². The van der Waals surface area contributed by atoms with Crippen molar-refractivity contribution in [2.24, 2.45) is 17.8 Å². The molecule has 6 heteroatoms. The summed E-state index contributed by atoms with van der Waals surface area (Å²) in [6, 6.07) is 3.97. The van der Waals surface area contributed by atoms with Crippen molar-refractivity contribution in [3.63, 3.8) is 0 Å². The van der Waals surface area contributed by atoms with Gasteiger partial charge in [-0.15, -0.1) is 0 Å². The highest BCUT2D eigenvalue weighted by molar-refractivity contribution is 6.09. The third-order valence-electron chi connectivity index (χ3n) is 7.31. The first-order valence-corrected chi connectivity index (χ1v) is 10.3. The van der Waals surface area contributed by atoms with Gasteiger partial charge in [0.2, 0.25) is 0 Å². The monoisotopic (exact) mass is 378 g/mol. The number of aromatic nitrogens is 3. The third kappa shape index (κ3) is 2.33. The fraction of sp³-hybridized carbons (Fsp3) is 0.545. The van der Waals surface area contributed by atoms with Crippen LogP contribution in [0.15, 0.2) is 18.5 Å². The van der Waals surface area contributed by atoms with Crippen LogP contribution in [0.3, 0.4) is 0 Å². The van der Waals surface area contributed by atoms with E-state index < -0.39 is 0 Å². The lowest BCUT2D eigenvalue weighted by Crippen LogP contribution is -2.54. The Balaban J connectivity index is 1.45. The average Bonchev–Trinajstić information content (AvgIpc) is 3.04. The van der Waals surface area contributed by atoms with E-state index in [1.807, 2.05) is 12.1 Å². The van der Waals surface area contributed by atoms with E-state index in [4.69, 9.17) is 9.47 Å². The molecule has 0 radical (unpaired) electrons. The zero-order valence-corrected chi connectivity index (χ0v) is 16.4. The molecule has 2 N–H and O–H groups in total. The Hall–Kier alpha value is -2.50. The number of methoxy groups -OCH3 is 2. The zero-order valence-electron chi connectivity index (χ0n) is 16.4. The number of anilines is 1. The number of hydrogen-bond acceptors (Lipinski definition) is 5. The standard InChI is InChI=1S/C22H26N4O2/c1-27-17-6-15-16(7-18(17)28-2)25-20-19(15)23-11-24-21(20)26-22-8-12-3-13(9-22)5-14(4-12)10-22/h6-7,11-14,25H,3-5,8-10H2,1-2H3,(H,23,24,26). The summed E-state index contributed by atoms with van der Waals surface area (Å²) < 4.78 is 11.0. The van der Waals surface area contributed by atoms with Gasteiger partial charge in [-0.2, -0.15) is 0 Å². The summed E-state index contributed by atoms with van der Waals surface area (Å²) in [5.74, 6) is 5.04. The van der Waals surface area contributed by atoms with Crippen LogP contribution in [0.5, 0.6) is 11.5 Å². The van der Waals surface area contributed by atoms with E-state index in [2.05, 4.69) is 20.3 Å². The minimum atomic E-state index is 0.211. The fourth-order valence-electron chi connectivity index (χ4n) is 6.63. The van der Waals surface area contributed by atoms with Crippen LogP contribution in [0, 0.1) is 17.8 Å². The van der Waals surface area contributed by atoms with Crippen molar-refractivity contribution >= 4 is 27.8 Å². The largest absolute Gasteiger partial charge is 0.493 e. The van der Waals surface area contributed by atoms with Crippen LogP contribution in [0.4, 0.5) is 5.82 Å². The molecule has 0 saturated heterocycles. The molecule has 0 amide bonds. The van der Waals surface area contributed by atoms with Crippen LogP contribution < -0.4 is 14.8 Å². The van der Waals surface area contributed by atoms with E-state index >= 15 is 0 Å². The highest BCUT2D eigenvalue weighted by Crippen LogP contribution is 2.56. The zero-order chi connectivity index (χ0) is 18.9. The topological polar surface area (TPSA) is 72.1 Å². The Labute approximate surface area is 164 Å². The first-order chi connectivity index (χ1) is 13.7. The third-order valence-corrected chi connectivity index (χ3v) is 7.31. The molecule has 6 nitrogen and oxygen atoms in total. The van der Waals surface area contributed by atoms with Gasteiger partial charge in [-0.3, -0.25) is 0 Å². The molecule has 7 rings (SSSR count). The molecular weight excluding hydrogens is 352 g/mol. The van der Waals surface area contributed by atoms with E-state index in [9.17, 15) is 0 Å². The highest BCUT2D eigenvalue weighted by Gasteiger charge is 2.51. The minimum Gasteiger partial charge on any atom is -0.493 e. The molecule has 1 aromatic carbocycles. The molecule has 0 spiro atoms. The second-order valence-electron chi connectivity index (χ2n) is 9.15. The summed E-state index contributed by atoms with van der Waals surface area (Å²) in [7, 11) is 3.32. The number of ether oxygens (including phenoxy) is 2. The molecule has 0 unspecified atom stereocenters. The van der Waals surface area contributed by atoms with E-state index in [1.54, 1.807) is 20.5 Å². The SMILES string of the molecule is COc1cc2[nH]c3c(NC45CC6CC(CC(C6)C4)C5)ncnc3c2cc1OC. The van der Waals surface area contributed by atoms with Gasteiger partial charge in [0.15, 0.2) is 17.3 Å². The van der Waals surface area contributed by atoms with E-state index in [0.717, 1.165) is 45.5 Å². The molecule has 4 aliphatic rings. The lowest BCUT2D eigenvalue weighted by molar-refractivity contribution is 0.0106. The molecule has 4 bridgehead atoms. The summed E-state index contributed by atoms with van der Waals surface area (Å²) in [5, 5.41) is 4.93. The number of H-pyrrole nitrogens is 1. The summed E-state index contributed by atoms with van der Waals surface area (Å²) in [6.07, 6.45) is 9.84. The highest BCUT2D eigenvalue weighted by atomic mass is 16.5. The van der Waals surface area contributed by atoms with Crippen molar-refractivity contribution in [1.82, 2.24) is 15.0 Å². The maximum Gasteiger partial charge on any atom is 0.162 e. The molecule has 3 aromatic rings. The van der Waals surface area contributed by atoms with Crippen LogP contribution in [0.1, 0.15) is 38.5 Å². The van der Waals surface area contributed by atoms with Gasteiger partial charge in [-0.1, -0.05) is 0 Å². The molecule has 146 valence electrons. The lowest BCUT2D eigenvalue weighted by atomic mass is 9.53. The fourth-order valence-corrected chi connectivity index (χ4v) is 6.63.